The molecule has 3 heteroatoms. The molecule has 90 valence electrons. The Morgan fingerprint density at radius 2 is 1.88 bits per heavy atom. The standard InChI is InChI=1S/C13H21FN2/c1-9(2)16(5)13-11(10(3)15-4)7-6-8-12(13)14/h6-10,15H,1-5H3. The molecule has 0 spiro atoms. The van der Waals surface area contributed by atoms with Gasteiger partial charge in [0, 0.05) is 19.1 Å². The smallest absolute Gasteiger partial charge is 0.146 e. The molecular weight excluding hydrogens is 203 g/mol. The van der Waals surface area contributed by atoms with Gasteiger partial charge in [-0.2, -0.15) is 0 Å². The lowest BCUT2D eigenvalue weighted by molar-refractivity contribution is 0.593. The third kappa shape index (κ3) is 2.53. The van der Waals surface area contributed by atoms with Crippen LogP contribution >= 0.6 is 0 Å². The van der Waals surface area contributed by atoms with Crippen LogP contribution in [0.25, 0.3) is 0 Å². The van der Waals surface area contributed by atoms with Crippen LogP contribution in [0.2, 0.25) is 0 Å². The number of hydrogen-bond acceptors (Lipinski definition) is 2. The minimum absolute atomic E-state index is 0.145. The highest BCUT2D eigenvalue weighted by molar-refractivity contribution is 5.56. The quantitative estimate of drug-likeness (QED) is 0.846. The highest BCUT2D eigenvalue weighted by Gasteiger charge is 2.17. The van der Waals surface area contributed by atoms with Crippen molar-refractivity contribution in [3.63, 3.8) is 0 Å². The molecule has 0 amide bonds. The molecule has 0 aliphatic rings. The molecule has 1 aromatic rings. The molecule has 0 aromatic heterocycles. The van der Waals surface area contributed by atoms with Crippen molar-refractivity contribution in [2.45, 2.75) is 32.9 Å². The molecule has 0 heterocycles. The predicted molar refractivity (Wildman–Crippen MR) is 67.4 cm³/mol. The van der Waals surface area contributed by atoms with Gasteiger partial charge in [0.1, 0.15) is 5.82 Å². The second-order valence-corrected chi connectivity index (χ2v) is 4.39. The van der Waals surface area contributed by atoms with Crippen molar-refractivity contribution in [1.82, 2.24) is 5.32 Å². The number of benzene rings is 1. The molecule has 1 rings (SSSR count). The van der Waals surface area contributed by atoms with Crippen molar-refractivity contribution in [1.29, 1.82) is 0 Å². The van der Waals surface area contributed by atoms with E-state index in [1.54, 1.807) is 6.07 Å². The van der Waals surface area contributed by atoms with E-state index < -0.39 is 0 Å². The van der Waals surface area contributed by atoms with Crippen molar-refractivity contribution >= 4 is 5.69 Å². The molecule has 0 aliphatic carbocycles. The lowest BCUT2D eigenvalue weighted by Gasteiger charge is -2.28. The zero-order valence-electron chi connectivity index (χ0n) is 10.7. The van der Waals surface area contributed by atoms with Gasteiger partial charge in [0.25, 0.3) is 0 Å². The van der Waals surface area contributed by atoms with Gasteiger partial charge >= 0.3 is 0 Å². The first-order chi connectivity index (χ1) is 7.49. The Balaban J connectivity index is 3.23. The fraction of sp³-hybridized carbons (Fsp3) is 0.538. The minimum atomic E-state index is -0.157. The van der Waals surface area contributed by atoms with E-state index in [1.807, 2.05) is 32.0 Å². The molecule has 0 radical (unpaired) electrons. The number of hydrogen-bond donors (Lipinski definition) is 1. The van der Waals surface area contributed by atoms with Crippen LogP contribution in [0.15, 0.2) is 18.2 Å². The van der Waals surface area contributed by atoms with Crippen LogP contribution in [0.1, 0.15) is 32.4 Å². The second-order valence-electron chi connectivity index (χ2n) is 4.39. The van der Waals surface area contributed by atoms with Gasteiger partial charge in [-0.05, 0) is 39.4 Å². The molecule has 1 unspecified atom stereocenters. The zero-order chi connectivity index (χ0) is 12.3. The molecule has 0 bridgehead atoms. The summed E-state index contributed by atoms with van der Waals surface area (Å²) < 4.78 is 13.9. The summed E-state index contributed by atoms with van der Waals surface area (Å²) in [6.07, 6.45) is 0. The SMILES string of the molecule is CNC(C)c1cccc(F)c1N(C)C(C)C. The molecule has 1 atom stereocenters. The summed E-state index contributed by atoms with van der Waals surface area (Å²) in [5, 5.41) is 3.15. The molecule has 0 saturated carbocycles. The van der Waals surface area contributed by atoms with Crippen molar-refractivity contribution in [2.75, 3.05) is 19.0 Å². The summed E-state index contributed by atoms with van der Waals surface area (Å²) in [6, 6.07) is 5.67. The predicted octanol–water partition coefficient (Wildman–Crippen LogP) is 2.95. The lowest BCUT2D eigenvalue weighted by Crippen LogP contribution is -2.29. The van der Waals surface area contributed by atoms with Gasteiger partial charge in [-0.1, -0.05) is 12.1 Å². The largest absolute Gasteiger partial charge is 0.370 e. The molecule has 16 heavy (non-hydrogen) atoms. The molecule has 0 aliphatic heterocycles. The number of nitrogens with zero attached hydrogens (tertiary/aromatic N) is 1. The van der Waals surface area contributed by atoms with Crippen molar-refractivity contribution in [2.24, 2.45) is 0 Å². The second kappa shape index (κ2) is 5.30. The van der Waals surface area contributed by atoms with Crippen molar-refractivity contribution in [3.8, 4) is 0 Å². The molecular formula is C13H21FN2. The molecule has 0 saturated heterocycles. The number of para-hydroxylation sites is 1. The van der Waals surface area contributed by atoms with E-state index in [2.05, 4.69) is 19.2 Å². The maximum Gasteiger partial charge on any atom is 0.146 e. The molecule has 1 aromatic carbocycles. The van der Waals surface area contributed by atoms with Crippen LogP contribution in [0.5, 0.6) is 0 Å². The number of rotatable bonds is 4. The third-order valence-corrected chi connectivity index (χ3v) is 3.04. The Labute approximate surface area is 97.5 Å². The fourth-order valence-electron chi connectivity index (χ4n) is 1.67. The maximum atomic E-state index is 13.9. The zero-order valence-corrected chi connectivity index (χ0v) is 10.7. The number of nitrogens with one attached hydrogen (secondary N) is 1. The maximum absolute atomic E-state index is 13.9. The monoisotopic (exact) mass is 224 g/mol. The van der Waals surface area contributed by atoms with Gasteiger partial charge in [0.05, 0.1) is 5.69 Å². The van der Waals surface area contributed by atoms with E-state index in [-0.39, 0.29) is 17.9 Å². The summed E-state index contributed by atoms with van der Waals surface area (Å²) >= 11 is 0. The minimum Gasteiger partial charge on any atom is -0.370 e. The highest BCUT2D eigenvalue weighted by atomic mass is 19.1. The Bertz CT molecular complexity index is 350. The van der Waals surface area contributed by atoms with Crippen molar-refractivity contribution in [3.05, 3.63) is 29.6 Å². The van der Waals surface area contributed by atoms with Crippen molar-refractivity contribution < 1.29 is 4.39 Å². The normalized spacial score (nSPS) is 12.9. The number of halogens is 1. The van der Waals surface area contributed by atoms with Gasteiger partial charge in [-0.15, -0.1) is 0 Å². The first kappa shape index (κ1) is 13.0. The summed E-state index contributed by atoms with van der Waals surface area (Å²) in [5.74, 6) is -0.157. The first-order valence-electron chi connectivity index (χ1n) is 5.67. The number of anilines is 1. The van der Waals surface area contributed by atoms with E-state index in [0.717, 1.165) is 5.56 Å². The van der Waals surface area contributed by atoms with Crippen LogP contribution in [0.4, 0.5) is 10.1 Å². The average molecular weight is 224 g/mol. The van der Waals surface area contributed by atoms with Gasteiger partial charge < -0.3 is 10.2 Å². The van der Waals surface area contributed by atoms with E-state index in [1.165, 1.54) is 6.07 Å². The topological polar surface area (TPSA) is 15.3 Å². The van der Waals surface area contributed by atoms with Gasteiger partial charge in [-0.3, -0.25) is 0 Å². The summed E-state index contributed by atoms with van der Waals surface area (Å²) in [4.78, 5) is 1.97. The highest BCUT2D eigenvalue weighted by Crippen LogP contribution is 2.29. The molecule has 0 fully saturated rings. The van der Waals surface area contributed by atoms with Crippen LogP contribution in [-0.4, -0.2) is 20.1 Å². The Morgan fingerprint density at radius 3 is 2.38 bits per heavy atom. The van der Waals surface area contributed by atoms with E-state index >= 15 is 0 Å². The van der Waals surface area contributed by atoms with E-state index in [4.69, 9.17) is 0 Å². The van der Waals surface area contributed by atoms with Gasteiger partial charge in [0.15, 0.2) is 0 Å². The van der Waals surface area contributed by atoms with E-state index in [0.29, 0.717) is 5.69 Å². The third-order valence-electron chi connectivity index (χ3n) is 3.04. The lowest BCUT2D eigenvalue weighted by atomic mass is 10.0. The van der Waals surface area contributed by atoms with Crippen LogP contribution < -0.4 is 10.2 Å². The molecule has 1 N–H and O–H groups in total. The van der Waals surface area contributed by atoms with Gasteiger partial charge in [0.2, 0.25) is 0 Å². The summed E-state index contributed by atoms with van der Waals surface area (Å²) in [5.41, 5.74) is 1.69. The van der Waals surface area contributed by atoms with E-state index in [9.17, 15) is 4.39 Å². The average Bonchev–Trinajstić information content (AvgIpc) is 2.26. The van der Waals surface area contributed by atoms with Crippen LogP contribution in [0, 0.1) is 5.82 Å². The van der Waals surface area contributed by atoms with Gasteiger partial charge in [-0.25, -0.2) is 4.39 Å². The van der Waals surface area contributed by atoms with Crippen LogP contribution in [-0.2, 0) is 0 Å². The summed E-state index contributed by atoms with van der Waals surface area (Å²) in [7, 11) is 3.81. The Morgan fingerprint density at radius 1 is 1.25 bits per heavy atom. The fourth-order valence-corrected chi connectivity index (χ4v) is 1.67. The first-order valence-corrected chi connectivity index (χ1v) is 5.67. The Kier molecular flexibility index (Phi) is 4.30. The molecule has 2 nitrogen and oxygen atoms in total. The summed E-state index contributed by atoms with van der Waals surface area (Å²) in [6.45, 7) is 6.15. The Hall–Kier alpha value is -1.09. The van der Waals surface area contributed by atoms with Crippen LogP contribution in [0.3, 0.4) is 0 Å².